The number of piperidine rings is 1. The highest BCUT2D eigenvalue weighted by Crippen LogP contribution is 2.76. The average Bonchev–Trinajstić information content (AvgIpc) is 2.30. The van der Waals surface area contributed by atoms with Crippen LogP contribution in [0.15, 0.2) is 0 Å². The second-order valence-corrected chi connectivity index (χ2v) is 4.86. The van der Waals surface area contributed by atoms with Gasteiger partial charge in [0.2, 0.25) is 0 Å². The van der Waals surface area contributed by atoms with Gasteiger partial charge in [0, 0.05) is 5.54 Å². The molecule has 2 rings (SSSR count). The molecule has 1 N–H and O–H groups in total. The molecule has 2 atom stereocenters. The predicted molar refractivity (Wildman–Crippen MR) is 47.5 cm³/mol. The third-order valence-corrected chi connectivity index (χ3v) is 4.97. The highest BCUT2D eigenvalue weighted by atomic mass is 15.2. The van der Waals surface area contributed by atoms with E-state index in [1.54, 1.807) is 0 Å². The molecule has 1 aliphatic carbocycles. The van der Waals surface area contributed by atoms with E-state index in [9.17, 15) is 0 Å². The molecule has 0 amide bonds. The van der Waals surface area contributed by atoms with E-state index in [1.807, 2.05) is 0 Å². The Hall–Kier alpha value is -0.0400. The number of nitrogens with one attached hydrogen (secondary N) is 1. The molecule has 1 saturated heterocycles. The van der Waals surface area contributed by atoms with Crippen molar-refractivity contribution in [1.29, 1.82) is 0 Å². The van der Waals surface area contributed by atoms with Crippen LogP contribution in [0.3, 0.4) is 0 Å². The van der Waals surface area contributed by atoms with Crippen LogP contribution in [0, 0.1) is 10.8 Å². The van der Waals surface area contributed by atoms with Crippen molar-refractivity contribution in [1.82, 2.24) is 5.32 Å². The summed E-state index contributed by atoms with van der Waals surface area (Å²) in [6.07, 6.45) is 2.72. The normalized spacial score (nSPS) is 52.4. The molecule has 1 heterocycles. The summed E-state index contributed by atoms with van der Waals surface area (Å²) in [6.45, 7) is 10.8. The van der Waals surface area contributed by atoms with Crippen LogP contribution >= 0.6 is 0 Å². The molecule has 0 unspecified atom stereocenters. The Morgan fingerprint density at radius 3 is 2.18 bits per heavy atom. The molecule has 0 radical (unpaired) electrons. The minimum absolute atomic E-state index is 0.453. The van der Waals surface area contributed by atoms with Crippen molar-refractivity contribution in [3.05, 3.63) is 0 Å². The average molecular weight is 153 g/mol. The minimum Gasteiger partial charge on any atom is -0.310 e. The quantitative estimate of drug-likeness (QED) is 0.609. The molecule has 2 fully saturated rings. The fourth-order valence-electron chi connectivity index (χ4n) is 3.75. The Kier molecular flexibility index (Phi) is 1.15. The summed E-state index contributed by atoms with van der Waals surface area (Å²) in [5, 5.41) is 3.65. The second kappa shape index (κ2) is 1.66. The zero-order chi connectivity index (χ0) is 8.33. The standard InChI is InChI=1S/C10H19N/c1-5-10-6-7-11-9(10,4)8(10,2)3/h11H,5-7H2,1-4H3/t9-,10+/m1/s1. The summed E-state index contributed by atoms with van der Waals surface area (Å²) in [5.74, 6) is 0. The molecule has 11 heavy (non-hydrogen) atoms. The van der Waals surface area contributed by atoms with Crippen LogP contribution < -0.4 is 5.32 Å². The lowest BCUT2D eigenvalue weighted by atomic mass is 9.90. The first-order valence-corrected chi connectivity index (χ1v) is 4.77. The van der Waals surface area contributed by atoms with Gasteiger partial charge in [0.25, 0.3) is 0 Å². The molecule has 2 aliphatic rings. The molecule has 0 bridgehead atoms. The summed E-state index contributed by atoms with van der Waals surface area (Å²) in [4.78, 5) is 0. The van der Waals surface area contributed by atoms with Crippen LogP contribution in [-0.4, -0.2) is 12.1 Å². The van der Waals surface area contributed by atoms with Gasteiger partial charge in [-0.15, -0.1) is 0 Å². The second-order valence-electron chi connectivity index (χ2n) is 4.86. The van der Waals surface area contributed by atoms with Gasteiger partial charge in [-0.3, -0.25) is 0 Å². The number of hydrogen-bond acceptors (Lipinski definition) is 1. The summed E-state index contributed by atoms with van der Waals surface area (Å²) < 4.78 is 0. The summed E-state index contributed by atoms with van der Waals surface area (Å²) in [6, 6.07) is 0. The lowest BCUT2D eigenvalue weighted by Gasteiger charge is -2.16. The van der Waals surface area contributed by atoms with Crippen LogP contribution in [-0.2, 0) is 0 Å². The topological polar surface area (TPSA) is 12.0 Å². The maximum Gasteiger partial charge on any atom is 0.0272 e. The molecule has 1 heteroatoms. The van der Waals surface area contributed by atoms with E-state index in [1.165, 1.54) is 19.4 Å². The van der Waals surface area contributed by atoms with Crippen molar-refractivity contribution < 1.29 is 0 Å². The molecular formula is C10H19N. The fraction of sp³-hybridized carbons (Fsp3) is 1.00. The lowest BCUT2D eigenvalue weighted by molar-refractivity contribution is 0.350. The largest absolute Gasteiger partial charge is 0.310 e. The minimum atomic E-state index is 0.453. The summed E-state index contributed by atoms with van der Waals surface area (Å²) >= 11 is 0. The fourth-order valence-corrected chi connectivity index (χ4v) is 3.75. The van der Waals surface area contributed by atoms with Crippen LogP contribution in [0.1, 0.15) is 40.5 Å². The Balaban J connectivity index is 2.36. The van der Waals surface area contributed by atoms with E-state index in [0.717, 1.165) is 0 Å². The molecule has 64 valence electrons. The van der Waals surface area contributed by atoms with Gasteiger partial charge in [-0.05, 0) is 37.1 Å². The van der Waals surface area contributed by atoms with Crippen molar-refractivity contribution in [3.63, 3.8) is 0 Å². The molecular weight excluding hydrogens is 134 g/mol. The zero-order valence-corrected chi connectivity index (χ0v) is 8.12. The molecule has 0 aromatic heterocycles. The summed E-state index contributed by atoms with van der Waals surface area (Å²) in [7, 11) is 0. The SMILES string of the molecule is CC[C@@]12CCN[C@]1(C)C2(C)C. The lowest BCUT2D eigenvalue weighted by Crippen LogP contribution is -2.30. The van der Waals surface area contributed by atoms with E-state index in [4.69, 9.17) is 0 Å². The van der Waals surface area contributed by atoms with E-state index < -0.39 is 0 Å². The van der Waals surface area contributed by atoms with E-state index in [0.29, 0.717) is 16.4 Å². The van der Waals surface area contributed by atoms with Crippen LogP contribution in [0.2, 0.25) is 0 Å². The van der Waals surface area contributed by atoms with Gasteiger partial charge in [0.1, 0.15) is 0 Å². The Labute approximate surface area is 69.6 Å². The maximum absolute atomic E-state index is 3.65. The number of hydrogen-bond donors (Lipinski definition) is 1. The first kappa shape index (κ1) is 7.60. The highest BCUT2D eigenvalue weighted by Gasteiger charge is 2.79. The molecule has 1 saturated carbocycles. The van der Waals surface area contributed by atoms with Crippen LogP contribution in [0.4, 0.5) is 0 Å². The van der Waals surface area contributed by atoms with Gasteiger partial charge in [0.05, 0.1) is 0 Å². The molecule has 1 aliphatic heterocycles. The smallest absolute Gasteiger partial charge is 0.0272 e. The maximum atomic E-state index is 3.65. The van der Waals surface area contributed by atoms with Gasteiger partial charge in [-0.1, -0.05) is 20.8 Å². The first-order valence-electron chi connectivity index (χ1n) is 4.77. The van der Waals surface area contributed by atoms with Gasteiger partial charge < -0.3 is 5.32 Å². The monoisotopic (exact) mass is 153 g/mol. The van der Waals surface area contributed by atoms with Gasteiger partial charge >= 0.3 is 0 Å². The van der Waals surface area contributed by atoms with Crippen LogP contribution in [0.25, 0.3) is 0 Å². The molecule has 0 aromatic rings. The summed E-state index contributed by atoms with van der Waals surface area (Å²) in [5.41, 5.74) is 1.61. The third-order valence-electron chi connectivity index (χ3n) is 4.97. The van der Waals surface area contributed by atoms with Crippen molar-refractivity contribution in [2.24, 2.45) is 10.8 Å². The predicted octanol–water partition coefficient (Wildman–Crippen LogP) is 2.17. The van der Waals surface area contributed by atoms with Gasteiger partial charge in [-0.2, -0.15) is 0 Å². The van der Waals surface area contributed by atoms with E-state index in [-0.39, 0.29) is 0 Å². The van der Waals surface area contributed by atoms with Crippen molar-refractivity contribution in [2.75, 3.05) is 6.54 Å². The molecule has 0 spiro atoms. The Morgan fingerprint density at radius 2 is 1.91 bits per heavy atom. The first-order chi connectivity index (χ1) is 5.02. The van der Waals surface area contributed by atoms with Crippen LogP contribution in [0.5, 0.6) is 0 Å². The zero-order valence-electron chi connectivity index (χ0n) is 8.12. The molecule has 0 aromatic carbocycles. The van der Waals surface area contributed by atoms with Crippen molar-refractivity contribution in [3.8, 4) is 0 Å². The third kappa shape index (κ3) is 0.488. The van der Waals surface area contributed by atoms with Crippen molar-refractivity contribution in [2.45, 2.75) is 46.1 Å². The van der Waals surface area contributed by atoms with Crippen molar-refractivity contribution >= 4 is 0 Å². The van der Waals surface area contributed by atoms with Gasteiger partial charge in [0.15, 0.2) is 0 Å². The van der Waals surface area contributed by atoms with E-state index in [2.05, 4.69) is 33.0 Å². The van der Waals surface area contributed by atoms with Gasteiger partial charge in [-0.25, -0.2) is 0 Å². The Morgan fingerprint density at radius 1 is 1.27 bits per heavy atom. The highest BCUT2D eigenvalue weighted by molar-refractivity contribution is 5.34. The molecule has 1 nitrogen and oxygen atoms in total. The van der Waals surface area contributed by atoms with E-state index >= 15 is 0 Å². The Bertz CT molecular complexity index is 197. The number of fused-ring (bicyclic) bond motifs is 1. The number of rotatable bonds is 1.